The fourth-order valence-electron chi connectivity index (χ4n) is 4.11. The smallest absolute Gasteiger partial charge is 0.408 e. The van der Waals surface area contributed by atoms with Gasteiger partial charge in [0, 0.05) is 25.8 Å². The van der Waals surface area contributed by atoms with Crippen LogP contribution in [-0.4, -0.2) is 26.1 Å². The highest BCUT2D eigenvalue weighted by Gasteiger charge is 2.28. The molecule has 1 amide bonds. The molecule has 0 bridgehead atoms. The molecular formula is C31H40N4O4. The van der Waals surface area contributed by atoms with Gasteiger partial charge in [-0.05, 0) is 49.7 Å². The second-order valence-corrected chi connectivity index (χ2v) is 8.56. The third-order valence-corrected chi connectivity index (χ3v) is 5.89. The molecule has 208 valence electrons. The summed E-state index contributed by atoms with van der Waals surface area (Å²) in [5.74, 6) is -0.0950. The van der Waals surface area contributed by atoms with Crippen molar-refractivity contribution in [3.8, 4) is 0 Å². The van der Waals surface area contributed by atoms with Crippen LogP contribution in [0.15, 0.2) is 86.8 Å². The minimum Gasteiger partial charge on any atom is -0.408 e. The summed E-state index contributed by atoms with van der Waals surface area (Å²) >= 11 is 0. The van der Waals surface area contributed by atoms with Gasteiger partial charge in [-0.2, -0.15) is 0 Å². The molecule has 0 fully saturated rings. The number of rotatable bonds is 1. The van der Waals surface area contributed by atoms with Crippen molar-refractivity contribution >= 4 is 33.7 Å². The first-order chi connectivity index (χ1) is 18.8. The quantitative estimate of drug-likeness (QED) is 0.285. The predicted octanol–water partition coefficient (Wildman–Crippen LogP) is 6.03. The third kappa shape index (κ3) is 7.16. The van der Waals surface area contributed by atoms with Crippen molar-refractivity contribution in [2.24, 2.45) is 14.1 Å². The van der Waals surface area contributed by atoms with Gasteiger partial charge in [-0.3, -0.25) is 13.9 Å². The Kier molecular flexibility index (Phi) is 11.5. The number of amides is 1. The molecular weight excluding hydrogens is 492 g/mol. The number of carbonyl (C=O) groups is 1. The normalized spacial score (nSPS) is 11.4. The molecule has 1 aliphatic rings. The van der Waals surface area contributed by atoms with Crippen molar-refractivity contribution < 1.29 is 9.21 Å². The number of carbonyl (C=O) groups excluding carboxylic acids is 1. The number of hydrogen-bond acceptors (Lipinski definition) is 4. The summed E-state index contributed by atoms with van der Waals surface area (Å²) in [5, 5.41) is 0. The van der Waals surface area contributed by atoms with Crippen molar-refractivity contribution in [3.63, 3.8) is 0 Å². The first-order valence-corrected chi connectivity index (χ1v) is 13.4. The maximum absolute atomic E-state index is 11.6. The number of aromatic nitrogens is 3. The van der Waals surface area contributed by atoms with Crippen LogP contribution < -0.4 is 16.3 Å². The highest BCUT2D eigenvalue weighted by atomic mass is 16.4. The van der Waals surface area contributed by atoms with E-state index in [1.807, 2.05) is 113 Å². The van der Waals surface area contributed by atoms with E-state index in [4.69, 9.17) is 4.42 Å². The molecule has 0 atom stereocenters. The van der Waals surface area contributed by atoms with Gasteiger partial charge in [0.2, 0.25) is 5.91 Å². The van der Waals surface area contributed by atoms with Crippen LogP contribution in [-0.2, 0) is 25.3 Å². The molecule has 3 heterocycles. The minimum absolute atomic E-state index is 0.0637. The van der Waals surface area contributed by atoms with Gasteiger partial charge in [-0.25, -0.2) is 9.59 Å². The number of aromatic amines is 1. The lowest BCUT2D eigenvalue weighted by atomic mass is 10.2. The molecule has 2 aromatic heterocycles. The van der Waals surface area contributed by atoms with E-state index in [9.17, 15) is 14.4 Å². The van der Waals surface area contributed by atoms with Crippen LogP contribution in [0.25, 0.3) is 22.1 Å². The van der Waals surface area contributed by atoms with E-state index in [1.165, 1.54) is 4.57 Å². The number of fused-ring (bicyclic) bond motifs is 3. The molecule has 0 spiro atoms. The van der Waals surface area contributed by atoms with Gasteiger partial charge in [-0.15, -0.1) is 0 Å². The summed E-state index contributed by atoms with van der Waals surface area (Å²) in [6.45, 7) is 12.1. The fourth-order valence-corrected chi connectivity index (χ4v) is 4.11. The zero-order valence-corrected chi connectivity index (χ0v) is 24.2. The number of aryl methyl sites for hydroxylation is 2. The van der Waals surface area contributed by atoms with E-state index in [0.717, 1.165) is 27.8 Å². The highest BCUT2D eigenvalue weighted by molar-refractivity contribution is 6.01. The van der Waals surface area contributed by atoms with Crippen molar-refractivity contribution in [2.75, 3.05) is 4.90 Å². The Labute approximate surface area is 229 Å². The number of anilines is 1. The molecule has 8 nitrogen and oxygen atoms in total. The third-order valence-electron chi connectivity index (χ3n) is 5.89. The lowest BCUT2D eigenvalue weighted by Gasteiger charge is -2.21. The van der Waals surface area contributed by atoms with Crippen LogP contribution in [0.3, 0.4) is 0 Å². The van der Waals surface area contributed by atoms with Gasteiger partial charge < -0.3 is 14.3 Å². The lowest BCUT2D eigenvalue weighted by Crippen LogP contribution is -2.33. The average Bonchev–Trinajstić information content (AvgIpc) is 3.56. The number of imidazole rings is 1. The molecule has 3 aromatic carbocycles. The molecule has 39 heavy (non-hydrogen) atoms. The van der Waals surface area contributed by atoms with Crippen LogP contribution in [0, 0.1) is 0 Å². The van der Waals surface area contributed by atoms with Crippen LogP contribution in [0.1, 0.15) is 47.1 Å². The summed E-state index contributed by atoms with van der Waals surface area (Å²) in [7, 11) is 3.44. The maximum atomic E-state index is 11.6. The predicted molar refractivity (Wildman–Crippen MR) is 160 cm³/mol. The molecule has 0 unspecified atom stereocenters. The van der Waals surface area contributed by atoms with Crippen LogP contribution in [0.2, 0.25) is 0 Å². The molecule has 0 saturated carbocycles. The van der Waals surface area contributed by atoms with Crippen LogP contribution in [0.4, 0.5) is 5.69 Å². The lowest BCUT2D eigenvalue weighted by molar-refractivity contribution is -0.117. The number of nitrogens with one attached hydrogen (secondary N) is 1. The molecule has 0 saturated heterocycles. The van der Waals surface area contributed by atoms with Crippen LogP contribution >= 0.6 is 0 Å². The molecule has 0 aliphatic carbocycles. The SMILES string of the molecule is CC.CC.CC(C)N1C(=O)Cc2ccccc21.Cn1c(=O)[nH]c2ccccc21.Cn1c(=O)oc2ccccc21. The number of para-hydroxylation sites is 5. The highest BCUT2D eigenvalue weighted by Crippen LogP contribution is 2.29. The first kappa shape index (κ1) is 30.9. The minimum atomic E-state index is -0.314. The molecule has 8 heteroatoms. The second kappa shape index (κ2) is 14.6. The number of H-pyrrole nitrogens is 1. The molecule has 0 radical (unpaired) electrons. The van der Waals surface area contributed by atoms with Crippen molar-refractivity contribution in [2.45, 2.75) is 54.0 Å². The Balaban J connectivity index is 0.000000193. The Morgan fingerprint density at radius 2 is 1.31 bits per heavy atom. The van der Waals surface area contributed by atoms with Crippen molar-refractivity contribution in [1.82, 2.24) is 14.1 Å². The van der Waals surface area contributed by atoms with Gasteiger partial charge >= 0.3 is 11.4 Å². The molecule has 1 aliphatic heterocycles. The average molecular weight is 533 g/mol. The summed E-state index contributed by atoms with van der Waals surface area (Å²) in [4.78, 5) is 38.2. The zero-order valence-electron chi connectivity index (χ0n) is 24.2. The monoisotopic (exact) mass is 532 g/mol. The summed E-state index contributed by atoms with van der Waals surface area (Å²) in [5.41, 5.74) is 5.48. The van der Waals surface area contributed by atoms with E-state index in [1.54, 1.807) is 24.7 Å². The molecule has 6 rings (SSSR count). The standard InChI is InChI=1S/C11H13NO.C8H8N2O.C8H7NO2.2C2H6/c1-8(2)12-10-6-4-3-5-9(10)7-11(12)13;1-10-7-5-3-2-4-6(7)9-8(10)11;1-9-6-4-2-3-5-7(6)11-8(9)10;2*1-2/h3-6,8H,7H2,1-2H3;2-5H,1H3,(H,9,11);2-5H,1H3;2*1-2H3. The maximum Gasteiger partial charge on any atom is 0.419 e. The Bertz CT molecular complexity index is 1520. The topological polar surface area (TPSA) is 93.2 Å². The van der Waals surface area contributed by atoms with Gasteiger partial charge in [0.05, 0.1) is 23.0 Å². The number of benzene rings is 3. The van der Waals surface area contributed by atoms with Gasteiger partial charge in [0.15, 0.2) is 5.58 Å². The summed E-state index contributed by atoms with van der Waals surface area (Å²) in [6, 6.07) is 23.2. The van der Waals surface area contributed by atoms with Crippen LogP contribution in [0.5, 0.6) is 0 Å². The van der Waals surface area contributed by atoms with Gasteiger partial charge in [0.25, 0.3) is 0 Å². The second-order valence-electron chi connectivity index (χ2n) is 8.56. The zero-order chi connectivity index (χ0) is 29.1. The number of nitrogens with zero attached hydrogens (tertiary/aromatic N) is 3. The van der Waals surface area contributed by atoms with E-state index in [-0.39, 0.29) is 23.4 Å². The fraction of sp³-hybridized carbons (Fsp3) is 0.323. The van der Waals surface area contributed by atoms with Crippen molar-refractivity contribution in [1.29, 1.82) is 0 Å². The molecule has 5 aromatic rings. The van der Waals surface area contributed by atoms with E-state index in [2.05, 4.69) is 4.98 Å². The first-order valence-electron chi connectivity index (χ1n) is 13.4. The Morgan fingerprint density at radius 3 is 1.92 bits per heavy atom. The molecule has 1 N–H and O–H groups in total. The largest absolute Gasteiger partial charge is 0.419 e. The number of oxazole rings is 1. The van der Waals surface area contributed by atoms with Crippen molar-refractivity contribution in [3.05, 3.63) is 99.4 Å². The van der Waals surface area contributed by atoms with E-state index >= 15 is 0 Å². The van der Waals surface area contributed by atoms with E-state index in [0.29, 0.717) is 12.0 Å². The van der Waals surface area contributed by atoms with E-state index < -0.39 is 0 Å². The Morgan fingerprint density at radius 1 is 0.744 bits per heavy atom. The Hall–Kier alpha value is -4.33. The number of hydrogen-bond donors (Lipinski definition) is 1. The van der Waals surface area contributed by atoms with Gasteiger partial charge in [0.1, 0.15) is 0 Å². The summed E-state index contributed by atoms with van der Waals surface area (Å²) < 4.78 is 7.98. The van der Waals surface area contributed by atoms with Gasteiger partial charge in [-0.1, -0.05) is 70.2 Å². The summed E-state index contributed by atoms with van der Waals surface area (Å²) in [6.07, 6.45) is 0.564.